The standard InChI is InChI=1S/C27H31FN4O5S.C24H27FN4O5/c1-3-24(38)29-15-21-16-32(27(35)37-21)20-8-9-23(22(28)14-20)30-10-12-31(13-11-30)25(33)17-36-26(34)19-6-4-18(2)5-7-19;1-16-2-4-17(5-3-16)23(31)33-15-22(30)28-10-8-27(9-11-28)21-7-6-18(12-20(21)25)29-14-19(13-26)34-24(29)32/h4-9,14,21H,3,10-13,15-17H2,1-2H3,(H,29,38);2-7,12,19H,8-11,13-15,26H2,1H3/t21-;19-/m00/s1. The zero-order valence-corrected chi connectivity index (χ0v) is 41.2. The Bertz CT molecular complexity index is 2630. The van der Waals surface area contributed by atoms with Crippen LogP contribution >= 0.6 is 12.2 Å². The number of halogens is 2. The second-order valence-electron chi connectivity index (χ2n) is 17.5. The number of ether oxygens (including phenoxy) is 4. The number of anilines is 4. The molecule has 0 bridgehead atoms. The molecule has 4 heterocycles. The monoisotopic (exact) mass is 1010 g/mol. The van der Waals surface area contributed by atoms with E-state index >= 15 is 4.39 Å². The molecule has 3 N–H and O–H groups in total. The van der Waals surface area contributed by atoms with Crippen LogP contribution in [0.1, 0.15) is 45.2 Å². The lowest BCUT2D eigenvalue weighted by atomic mass is 10.1. The first kappa shape index (κ1) is 52.4. The first-order valence-corrected chi connectivity index (χ1v) is 24.1. The highest BCUT2D eigenvalue weighted by Crippen LogP contribution is 2.30. The normalized spacial score (nSPS) is 17.7. The van der Waals surface area contributed by atoms with Crippen molar-refractivity contribution in [2.45, 2.75) is 39.4 Å². The van der Waals surface area contributed by atoms with Gasteiger partial charge in [0.2, 0.25) is 0 Å². The molecule has 0 saturated carbocycles. The molecule has 4 fully saturated rings. The lowest BCUT2D eigenvalue weighted by Gasteiger charge is -2.36. The van der Waals surface area contributed by atoms with E-state index in [0.717, 1.165) is 11.1 Å². The summed E-state index contributed by atoms with van der Waals surface area (Å²) in [5.41, 5.74) is 9.99. The predicted octanol–water partition coefficient (Wildman–Crippen LogP) is 5.22. The summed E-state index contributed by atoms with van der Waals surface area (Å²) >= 11 is 5.14. The zero-order valence-electron chi connectivity index (χ0n) is 40.4. The summed E-state index contributed by atoms with van der Waals surface area (Å²) in [7, 11) is 0. The highest BCUT2D eigenvalue weighted by Gasteiger charge is 2.34. The molecular formula is C51H58F2N8O10S. The van der Waals surface area contributed by atoms with Crippen molar-refractivity contribution in [3.05, 3.63) is 119 Å². The minimum Gasteiger partial charge on any atom is -0.452 e. The molecule has 4 aromatic carbocycles. The topological polar surface area (TPSA) is 197 Å². The van der Waals surface area contributed by atoms with Crippen molar-refractivity contribution in [3.63, 3.8) is 0 Å². The number of rotatable bonds is 14. The Balaban J connectivity index is 0.000000213. The summed E-state index contributed by atoms with van der Waals surface area (Å²) in [6.07, 6.45) is -1.15. The van der Waals surface area contributed by atoms with E-state index in [1.54, 1.807) is 82.6 Å². The fourth-order valence-corrected chi connectivity index (χ4v) is 8.35. The third-order valence-electron chi connectivity index (χ3n) is 12.5. The van der Waals surface area contributed by atoms with Gasteiger partial charge in [-0.2, -0.15) is 0 Å². The second-order valence-corrected chi connectivity index (χ2v) is 18.0. The molecule has 4 aliphatic rings. The molecule has 0 aromatic heterocycles. The molecule has 0 spiro atoms. The van der Waals surface area contributed by atoms with Crippen LogP contribution in [0.15, 0.2) is 84.9 Å². The van der Waals surface area contributed by atoms with Crippen LogP contribution in [0.25, 0.3) is 0 Å². The number of carbonyl (C=O) groups excluding carboxylic acids is 6. The Labute approximate surface area is 421 Å². The number of nitrogens with two attached hydrogens (primary N) is 1. The van der Waals surface area contributed by atoms with Crippen LogP contribution in [0.3, 0.4) is 0 Å². The van der Waals surface area contributed by atoms with Crippen LogP contribution in [0, 0.1) is 25.5 Å². The summed E-state index contributed by atoms with van der Waals surface area (Å²) in [5.74, 6) is -2.61. The number of nitrogens with zero attached hydrogens (tertiary/aromatic N) is 6. The van der Waals surface area contributed by atoms with E-state index in [0.29, 0.717) is 111 Å². The van der Waals surface area contributed by atoms with Gasteiger partial charge in [-0.15, -0.1) is 0 Å². The number of hydrogen-bond donors (Lipinski definition) is 2. The number of piperazine rings is 2. The van der Waals surface area contributed by atoms with Crippen LogP contribution in [0.2, 0.25) is 0 Å². The van der Waals surface area contributed by atoms with Crippen molar-refractivity contribution in [2.75, 3.05) is 111 Å². The molecule has 0 unspecified atom stereocenters. The van der Waals surface area contributed by atoms with Gasteiger partial charge in [-0.25, -0.2) is 28.0 Å². The molecular weight excluding hydrogens is 955 g/mol. The van der Waals surface area contributed by atoms with Gasteiger partial charge in [-0.1, -0.05) is 54.5 Å². The fraction of sp³-hybridized carbons (Fsp3) is 0.392. The summed E-state index contributed by atoms with van der Waals surface area (Å²) in [6.45, 7) is 9.46. The number of esters is 2. The first-order valence-electron chi connectivity index (χ1n) is 23.7. The zero-order chi connectivity index (χ0) is 51.5. The van der Waals surface area contributed by atoms with E-state index in [4.69, 9.17) is 36.9 Å². The number of thiocarbonyl (C=S) groups is 1. The number of benzene rings is 4. The second kappa shape index (κ2) is 24.2. The van der Waals surface area contributed by atoms with Crippen LogP contribution < -0.4 is 30.7 Å². The van der Waals surface area contributed by atoms with Crippen molar-refractivity contribution < 1.29 is 56.5 Å². The van der Waals surface area contributed by atoms with E-state index in [1.807, 2.05) is 30.6 Å². The number of cyclic esters (lactones) is 2. The first-order chi connectivity index (χ1) is 34.6. The average Bonchev–Trinajstić information content (AvgIpc) is 3.97. The molecule has 4 aromatic rings. The van der Waals surface area contributed by atoms with E-state index < -0.39 is 41.9 Å². The summed E-state index contributed by atoms with van der Waals surface area (Å²) < 4.78 is 50.7. The molecule has 2 atom stereocenters. The van der Waals surface area contributed by atoms with Crippen molar-refractivity contribution in [1.82, 2.24) is 15.1 Å². The van der Waals surface area contributed by atoms with Gasteiger partial charge in [0.05, 0.1) is 58.5 Å². The van der Waals surface area contributed by atoms with E-state index in [2.05, 4.69) is 5.32 Å². The average molecular weight is 1010 g/mol. The van der Waals surface area contributed by atoms with Crippen molar-refractivity contribution in [1.29, 1.82) is 0 Å². The number of carbonyl (C=O) groups is 6. The predicted molar refractivity (Wildman–Crippen MR) is 268 cm³/mol. The number of aryl methyl sites for hydroxylation is 2. The minimum atomic E-state index is -0.548. The van der Waals surface area contributed by atoms with Gasteiger partial charge in [-0.3, -0.25) is 19.4 Å². The molecule has 8 rings (SSSR count). The van der Waals surface area contributed by atoms with Gasteiger partial charge in [0.15, 0.2) is 13.2 Å². The highest BCUT2D eigenvalue weighted by atomic mass is 32.1. The van der Waals surface area contributed by atoms with E-state index in [-0.39, 0.29) is 44.2 Å². The molecule has 0 aliphatic carbocycles. The molecule has 21 heteroatoms. The summed E-state index contributed by atoms with van der Waals surface area (Å²) in [5, 5.41) is 3.06. The largest absolute Gasteiger partial charge is 0.452 e. The third-order valence-corrected chi connectivity index (χ3v) is 13.0. The fourth-order valence-electron chi connectivity index (χ4n) is 8.26. The summed E-state index contributed by atoms with van der Waals surface area (Å²) in [4.78, 5) is 83.9. The lowest BCUT2D eigenvalue weighted by molar-refractivity contribution is -0.135. The third kappa shape index (κ3) is 13.3. The Kier molecular flexibility index (Phi) is 17.6. The summed E-state index contributed by atoms with van der Waals surface area (Å²) in [6, 6.07) is 23.1. The van der Waals surface area contributed by atoms with Crippen LogP contribution in [-0.4, -0.2) is 155 Å². The molecule has 4 saturated heterocycles. The van der Waals surface area contributed by atoms with Crippen molar-refractivity contribution in [3.8, 4) is 0 Å². The van der Waals surface area contributed by atoms with E-state index in [9.17, 15) is 33.2 Å². The van der Waals surface area contributed by atoms with Gasteiger partial charge in [0.1, 0.15) is 23.8 Å². The van der Waals surface area contributed by atoms with Gasteiger partial charge in [0.25, 0.3) is 11.8 Å². The molecule has 4 amide bonds. The van der Waals surface area contributed by atoms with Crippen molar-refractivity contribution >= 4 is 75.9 Å². The van der Waals surface area contributed by atoms with Gasteiger partial charge >= 0.3 is 24.1 Å². The molecule has 4 aliphatic heterocycles. The van der Waals surface area contributed by atoms with Crippen LogP contribution in [-0.2, 0) is 28.5 Å². The maximum Gasteiger partial charge on any atom is 0.414 e. The molecule has 0 radical (unpaired) electrons. The lowest BCUT2D eigenvalue weighted by Crippen LogP contribution is -2.50. The highest BCUT2D eigenvalue weighted by molar-refractivity contribution is 7.80. The quantitative estimate of drug-likeness (QED) is 0.0948. The number of amides is 4. The minimum absolute atomic E-state index is 0.205. The Morgan fingerprint density at radius 3 is 1.42 bits per heavy atom. The maximum atomic E-state index is 15.1. The van der Waals surface area contributed by atoms with Gasteiger partial charge in [0, 0.05) is 58.9 Å². The smallest absolute Gasteiger partial charge is 0.414 e. The Morgan fingerprint density at radius 1 is 0.639 bits per heavy atom. The van der Waals surface area contributed by atoms with Gasteiger partial charge < -0.3 is 49.6 Å². The molecule has 382 valence electrons. The number of nitrogens with one attached hydrogen (secondary N) is 1. The SMILES string of the molecule is CCC(=S)NC[C@H]1CN(c2ccc(N3CCN(C(=O)COC(=O)c4ccc(C)cc4)CC3)c(F)c2)C(=O)O1.Cc1ccc(C(=O)OCC(=O)N2CCN(c3ccc(N4C[C@H](CN)OC4=O)cc3F)CC2)cc1. The van der Waals surface area contributed by atoms with E-state index in [1.165, 1.54) is 21.9 Å². The number of hydrogen-bond acceptors (Lipinski definition) is 14. The Hall–Kier alpha value is -7.39. The van der Waals surface area contributed by atoms with Crippen LogP contribution in [0.5, 0.6) is 0 Å². The maximum absolute atomic E-state index is 15.1. The molecule has 72 heavy (non-hydrogen) atoms. The van der Waals surface area contributed by atoms with Crippen LogP contribution in [0.4, 0.5) is 41.1 Å². The Morgan fingerprint density at radius 2 is 1.04 bits per heavy atom. The van der Waals surface area contributed by atoms with Crippen molar-refractivity contribution in [2.24, 2.45) is 5.73 Å². The van der Waals surface area contributed by atoms with Gasteiger partial charge in [-0.05, 0) is 80.9 Å². The molecule has 18 nitrogen and oxygen atoms in total.